The maximum Gasteiger partial charge on any atom is 0.0546 e. The lowest BCUT2D eigenvalue weighted by atomic mass is 9.95. The molecule has 1 aromatic heterocycles. The summed E-state index contributed by atoms with van der Waals surface area (Å²) in [6, 6.07) is 59.8. The summed E-state index contributed by atoms with van der Waals surface area (Å²) in [5.41, 5.74) is 5.97. The molecule has 9 aromatic rings. The molecule has 0 saturated carbocycles. The number of nitrogens with zero attached hydrogens (tertiary/aromatic N) is 1. The molecule has 0 unspecified atom stereocenters. The van der Waals surface area contributed by atoms with Gasteiger partial charge in [0.1, 0.15) is 0 Å². The van der Waals surface area contributed by atoms with Gasteiger partial charge in [-0.05, 0) is 57.4 Å². The van der Waals surface area contributed by atoms with Crippen LogP contribution in [0.2, 0.25) is 0 Å². The van der Waals surface area contributed by atoms with Crippen LogP contribution in [0.15, 0.2) is 164 Å². The van der Waals surface area contributed by atoms with Crippen molar-refractivity contribution < 1.29 is 0 Å². The van der Waals surface area contributed by atoms with Gasteiger partial charge in [-0.15, -0.1) is 11.3 Å². The standard InChI is InChI=1S/C42H27NS/c1-4-17-31-28(13-1)15-11-24-37(31)43(39-27-29-14-2-3-16-30(29)32-18-5-6-19-33(32)39)38-23-9-7-20-34(38)35-22-12-26-41-42(35)36-21-8-10-25-40(36)44-41/h1-27H. The van der Waals surface area contributed by atoms with Gasteiger partial charge in [0.15, 0.2) is 0 Å². The molecule has 1 heterocycles. The summed E-state index contributed by atoms with van der Waals surface area (Å²) in [5, 5.41) is 10.1. The summed E-state index contributed by atoms with van der Waals surface area (Å²) >= 11 is 1.87. The van der Waals surface area contributed by atoms with Gasteiger partial charge in [0.2, 0.25) is 0 Å². The second-order valence-corrected chi connectivity index (χ2v) is 12.4. The van der Waals surface area contributed by atoms with Crippen molar-refractivity contribution >= 4 is 80.9 Å². The van der Waals surface area contributed by atoms with E-state index in [4.69, 9.17) is 0 Å². The maximum absolute atomic E-state index is 2.50. The molecule has 1 nitrogen and oxygen atoms in total. The Morgan fingerprint density at radius 3 is 1.80 bits per heavy atom. The van der Waals surface area contributed by atoms with Crippen LogP contribution in [-0.2, 0) is 0 Å². The lowest BCUT2D eigenvalue weighted by molar-refractivity contribution is 1.32. The van der Waals surface area contributed by atoms with Gasteiger partial charge in [0.05, 0.1) is 17.1 Å². The van der Waals surface area contributed by atoms with Gasteiger partial charge in [-0.3, -0.25) is 0 Å². The zero-order valence-corrected chi connectivity index (χ0v) is 24.8. The van der Waals surface area contributed by atoms with E-state index in [0.717, 1.165) is 5.69 Å². The smallest absolute Gasteiger partial charge is 0.0546 e. The maximum atomic E-state index is 2.50. The molecule has 0 N–H and O–H groups in total. The molecular formula is C42H27NS. The lowest BCUT2D eigenvalue weighted by Gasteiger charge is -2.30. The second kappa shape index (κ2) is 10.1. The van der Waals surface area contributed by atoms with E-state index < -0.39 is 0 Å². The van der Waals surface area contributed by atoms with E-state index in [1.807, 2.05) is 11.3 Å². The SMILES string of the molecule is c1ccc(N(c2cccc3ccccc23)c2cc3ccccc3c3ccccc23)c(-c2cccc3sc4ccccc4c23)c1. The van der Waals surface area contributed by atoms with E-state index in [1.165, 1.54) is 75.0 Å². The van der Waals surface area contributed by atoms with Gasteiger partial charge in [0.25, 0.3) is 0 Å². The van der Waals surface area contributed by atoms with Crippen molar-refractivity contribution in [2.45, 2.75) is 0 Å². The molecule has 0 radical (unpaired) electrons. The highest BCUT2D eigenvalue weighted by molar-refractivity contribution is 7.25. The number of hydrogen-bond donors (Lipinski definition) is 0. The van der Waals surface area contributed by atoms with Crippen molar-refractivity contribution in [1.82, 2.24) is 0 Å². The molecule has 0 spiro atoms. The third kappa shape index (κ3) is 3.85. The molecule has 9 rings (SSSR count). The molecule has 2 heteroatoms. The summed E-state index contributed by atoms with van der Waals surface area (Å²) in [7, 11) is 0. The normalized spacial score (nSPS) is 11.6. The van der Waals surface area contributed by atoms with Crippen LogP contribution in [0.1, 0.15) is 0 Å². The first kappa shape index (κ1) is 25.1. The van der Waals surface area contributed by atoms with Crippen molar-refractivity contribution in [1.29, 1.82) is 0 Å². The second-order valence-electron chi connectivity index (χ2n) is 11.3. The highest BCUT2D eigenvalue weighted by Gasteiger charge is 2.23. The van der Waals surface area contributed by atoms with Crippen LogP contribution in [-0.4, -0.2) is 0 Å². The largest absolute Gasteiger partial charge is 0.309 e. The lowest BCUT2D eigenvalue weighted by Crippen LogP contribution is -2.12. The fourth-order valence-corrected chi connectivity index (χ4v) is 8.04. The Balaban J connectivity index is 1.42. The molecule has 0 bridgehead atoms. The van der Waals surface area contributed by atoms with E-state index in [1.54, 1.807) is 0 Å². The van der Waals surface area contributed by atoms with Gasteiger partial charge in [-0.25, -0.2) is 0 Å². The molecule has 8 aromatic carbocycles. The van der Waals surface area contributed by atoms with Crippen LogP contribution in [0.3, 0.4) is 0 Å². The van der Waals surface area contributed by atoms with Crippen LogP contribution in [0.25, 0.3) is 63.6 Å². The van der Waals surface area contributed by atoms with E-state index in [9.17, 15) is 0 Å². The Morgan fingerprint density at radius 2 is 0.909 bits per heavy atom. The topological polar surface area (TPSA) is 3.24 Å². The average molecular weight is 578 g/mol. The zero-order chi connectivity index (χ0) is 29.0. The fourth-order valence-electron chi connectivity index (χ4n) is 6.91. The first-order chi connectivity index (χ1) is 21.8. The third-order valence-corrected chi connectivity index (χ3v) is 9.97. The molecule has 0 aliphatic carbocycles. The number of hydrogen-bond acceptors (Lipinski definition) is 2. The Labute approximate surface area is 259 Å². The number of rotatable bonds is 4. The van der Waals surface area contributed by atoms with Crippen LogP contribution < -0.4 is 4.90 Å². The third-order valence-electron chi connectivity index (χ3n) is 8.83. The van der Waals surface area contributed by atoms with Crippen LogP contribution in [0.4, 0.5) is 17.1 Å². The molecule has 0 amide bonds. The van der Waals surface area contributed by atoms with Crippen molar-refractivity contribution in [3.8, 4) is 11.1 Å². The Morgan fingerprint density at radius 1 is 0.341 bits per heavy atom. The molecule has 206 valence electrons. The van der Waals surface area contributed by atoms with Crippen molar-refractivity contribution in [3.63, 3.8) is 0 Å². The predicted molar refractivity (Wildman–Crippen MR) is 192 cm³/mol. The zero-order valence-electron chi connectivity index (χ0n) is 23.9. The Bertz CT molecular complexity index is 2520. The number of thiophene rings is 1. The highest BCUT2D eigenvalue weighted by Crippen LogP contribution is 2.49. The number of benzene rings is 8. The van der Waals surface area contributed by atoms with Crippen LogP contribution in [0.5, 0.6) is 0 Å². The molecular weight excluding hydrogens is 551 g/mol. The van der Waals surface area contributed by atoms with Gasteiger partial charge < -0.3 is 4.90 Å². The van der Waals surface area contributed by atoms with Gasteiger partial charge in [-0.1, -0.05) is 133 Å². The number of fused-ring (bicyclic) bond motifs is 7. The molecule has 0 saturated heterocycles. The van der Waals surface area contributed by atoms with E-state index in [-0.39, 0.29) is 0 Å². The summed E-state index contributed by atoms with van der Waals surface area (Å²) in [4.78, 5) is 2.50. The number of para-hydroxylation sites is 1. The summed E-state index contributed by atoms with van der Waals surface area (Å²) in [6.45, 7) is 0. The van der Waals surface area contributed by atoms with Gasteiger partial charge in [0, 0.05) is 36.5 Å². The van der Waals surface area contributed by atoms with E-state index in [0.29, 0.717) is 0 Å². The monoisotopic (exact) mass is 577 g/mol. The molecule has 0 atom stereocenters. The average Bonchev–Trinajstić information content (AvgIpc) is 3.48. The molecule has 0 aliphatic rings. The van der Waals surface area contributed by atoms with Crippen LogP contribution in [0, 0.1) is 0 Å². The quantitative estimate of drug-likeness (QED) is 0.188. The fraction of sp³-hybridized carbons (Fsp3) is 0. The van der Waals surface area contributed by atoms with Crippen LogP contribution >= 0.6 is 11.3 Å². The minimum absolute atomic E-state index is 1.16. The summed E-state index contributed by atoms with van der Waals surface area (Å²) in [6.07, 6.45) is 0. The van der Waals surface area contributed by atoms with Gasteiger partial charge >= 0.3 is 0 Å². The predicted octanol–water partition coefficient (Wildman–Crippen LogP) is 12.7. The minimum atomic E-state index is 1.16. The Hall–Kier alpha value is -5.44. The van der Waals surface area contributed by atoms with Crippen molar-refractivity contribution in [2.75, 3.05) is 4.90 Å². The highest BCUT2D eigenvalue weighted by atomic mass is 32.1. The van der Waals surface area contributed by atoms with Crippen molar-refractivity contribution in [3.05, 3.63) is 164 Å². The summed E-state index contributed by atoms with van der Waals surface area (Å²) in [5.74, 6) is 0. The van der Waals surface area contributed by atoms with E-state index in [2.05, 4.69) is 169 Å². The first-order valence-electron chi connectivity index (χ1n) is 15.0. The Kier molecular flexibility index (Phi) is 5.75. The van der Waals surface area contributed by atoms with E-state index >= 15 is 0 Å². The minimum Gasteiger partial charge on any atom is -0.309 e. The molecule has 0 fully saturated rings. The van der Waals surface area contributed by atoms with Crippen molar-refractivity contribution in [2.24, 2.45) is 0 Å². The summed E-state index contributed by atoms with van der Waals surface area (Å²) < 4.78 is 2.63. The first-order valence-corrected chi connectivity index (χ1v) is 15.8. The van der Waals surface area contributed by atoms with Gasteiger partial charge in [-0.2, -0.15) is 0 Å². The number of anilines is 3. The molecule has 0 aliphatic heterocycles. The molecule has 44 heavy (non-hydrogen) atoms.